The van der Waals surface area contributed by atoms with E-state index in [0.717, 1.165) is 40.4 Å². The summed E-state index contributed by atoms with van der Waals surface area (Å²) >= 11 is 0. The van der Waals surface area contributed by atoms with Crippen LogP contribution in [-0.2, 0) is 6.42 Å². The van der Waals surface area contributed by atoms with E-state index in [1.165, 1.54) is 0 Å². The molecule has 1 unspecified atom stereocenters. The Morgan fingerprint density at radius 2 is 1.73 bits per heavy atom. The maximum Gasteiger partial charge on any atom is 0.229 e. The number of rotatable bonds is 5. The number of Topliss-reactive ketones (excluding diaryl/α,β-unsaturated/α-hetero) is 1. The molecule has 0 saturated heterocycles. The van der Waals surface area contributed by atoms with Crippen LogP contribution in [0.1, 0.15) is 40.5 Å². The Labute approximate surface area is 176 Å². The van der Waals surface area contributed by atoms with Crippen molar-refractivity contribution in [1.29, 1.82) is 0 Å². The number of anilines is 4. The molecule has 0 fully saturated rings. The zero-order valence-electron chi connectivity index (χ0n) is 17.7. The molecular weight excluding hydrogens is 376 g/mol. The van der Waals surface area contributed by atoms with E-state index in [1.54, 1.807) is 7.11 Å². The molecule has 4 rings (SSSR count). The van der Waals surface area contributed by atoms with Gasteiger partial charge in [-0.1, -0.05) is 31.2 Å². The molecule has 154 valence electrons. The van der Waals surface area contributed by atoms with Gasteiger partial charge >= 0.3 is 0 Å². The highest BCUT2D eigenvalue weighted by Crippen LogP contribution is 2.33. The van der Waals surface area contributed by atoms with Crippen molar-refractivity contribution >= 4 is 28.9 Å². The second-order valence-corrected chi connectivity index (χ2v) is 7.90. The molecule has 1 aliphatic rings. The quantitative estimate of drug-likeness (QED) is 0.599. The van der Waals surface area contributed by atoms with Gasteiger partial charge in [-0.25, -0.2) is 4.98 Å². The van der Waals surface area contributed by atoms with Gasteiger partial charge in [-0.05, 0) is 49.4 Å². The molecule has 0 spiro atoms. The Morgan fingerprint density at radius 3 is 2.47 bits per heavy atom. The van der Waals surface area contributed by atoms with Crippen molar-refractivity contribution in [2.45, 2.75) is 33.6 Å². The number of para-hydroxylation sites is 1. The third-order valence-electron chi connectivity index (χ3n) is 5.39. The lowest BCUT2D eigenvalue weighted by Crippen LogP contribution is -2.22. The number of nitrogens with zero attached hydrogens (tertiary/aromatic N) is 2. The summed E-state index contributed by atoms with van der Waals surface area (Å²) in [5.74, 6) is 2.11. The number of hydrogen-bond donors (Lipinski definition) is 2. The highest BCUT2D eigenvalue weighted by molar-refractivity contribution is 6.03. The number of aromatic nitrogens is 2. The first-order chi connectivity index (χ1) is 14.4. The lowest BCUT2D eigenvalue weighted by Gasteiger charge is -2.23. The first-order valence-electron chi connectivity index (χ1n) is 10.1. The molecule has 6 heteroatoms. The second kappa shape index (κ2) is 8.14. The highest BCUT2D eigenvalue weighted by Gasteiger charge is 2.28. The van der Waals surface area contributed by atoms with Gasteiger partial charge in [-0.15, -0.1) is 0 Å². The number of ether oxygens (including phenoxy) is 1. The molecular formula is C24H26N4O2. The van der Waals surface area contributed by atoms with Crippen molar-refractivity contribution in [2.75, 3.05) is 17.7 Å². The second-order valence-electron chi connectivity index (χ2n) is 7.90. The van der Waals surface area contributed by atoms with Crippen LogP contribution in [0.4, 0.5) is 23.1 Å². The van der Waals surface area contributed by atoms with E-state index in [-0.39, 0.29) is 11.7 Å². The van der Waals surface area contributed by atoms with Crippen molar-refractivity contribution in [3.05, 3.63) is 64.8 Å². The fourth-order valence-corrected chi connectivity index (χ4v) is 3.88. The van der Waals surface area contributed by atoms with Crippen LogP contribution in [0.15, 0.2) is 42.5 Å². The number of hydrogen-bond acceptors (Lipinski definition) is 6. The van der Waals surface area contributed by atoms with E-state index in [9.17, 15) is 4.79 Å². The first kappa shape index (κ1) is 19.9. The number of nitrogens with one attached hydrogen (secondary N) is 2. The lowest BCUT2D eigenvalue weighted by atomic mass is 9.87. The van der Waals surface area contributed by atoms with Crippen LogP contribution in [0.25, 0.3) is 0 Å². The van der Waals surface area contributed by atoms with Gasteiger partial charge in [-0.3, -0.25) is 4.79 Å². The van der Waals surface area contributed by atoms with Crippen LogP contribution in [0.3, 0.4) is 0 Å². The first-order valence-corrected chi connectivity index (χ1v) is 10.1. The van der Waals surface area contributed by atoms with Crippen LogP contribution in [0.2, 0.25) is 0 Å². The van der Waals surface area contributed by atoms with E-state index in [0.29, 0.717) is 23.8 Å². The summed E-state index contributed by atoms with van der Waals surface area (Å²) < 4.78 is 5.30. The predicted octanol–water partition coefficient (Wildman–Crippen LogP) is 5.35. The molecule has 1 heterocycles. The third kappa shape index (κ3) is 3.99. The normalized spacial score (nSPS) is 15.5. The average molecular weight is 402 g/mol. The SMILES string of the molecule is COc1cccc(Nc2nc3c(c(Nc4c(C)cccc4C)n2)C(=O)CC(C)C3)c1. The van der Waals surface area contributed by atoms with E-state index >= 15 is 0 Å². The van der Waals surface area contributed by atoms with Gasteiger partial charge < -0.3 is 15.4 Å². The van der Waals surface area contributed by atoms with Crippen LogP contribution >= 0.6 is 0 Å². The summed E-state index contributed by atoms with van der Waals surface area (Å²) in [6.45, 7) is 6.17. The van der Waals surface area contributed by atoms with Gasteiger partial charge in [-0.2, -0.15) is 4.98 Å². The molecule has 30 heavy (non-hydrogen) atoms. The Hall–Kier alpha value is -3.41. The number of ketones is 1. The number of benzene rings is 2. The van der Waals surface area contributed by atoms with Gasteiger partial charge in [0.2, 0.25) is 5.95 Å². The van der Waals surface area contributed by atoms with Gasteiger partial charge in [0.25, 0.3) is 0 Å². The molecule has 0 aliphatic heterocycles. The molecule has 0 bridgehead atoms. The summed E-state index contributed by atoms with van der Waals surface area (Å²) in [4.78, 5) is 22.3. The summed E-state index contributed by atoms with van der Waals surface area (Å²) in [5.41, 5.74) is 5.38. The minimum Gasteiger partial charge on any atom is -0.497 e. The van der Waals surface area contributed by atoms with Crippen molar-refractivity contribution in [3.63, 3.8) is 0 Å². The number of carbonyl (C=O) groups excluding carboxylic acids is 1. The lowest BCUT2D eigenvalue weighted by molar-refractivity contribution is 0.0952. The van der Waals surface area contributed by atoms with Crippen molar-refractivity contribution < 1.29 is 9.53 Å². The Morgan fingerprint density at radius 1 is 1.00 bits per heavy atom. The monoisotopic (exact) mass is 402 g/mol. The smallest absolute Gasteiger partial charge is 0.229 e. The van der Waals surface area contributed by atoms with E-state index in [2.05, 4.69) is 22.5 Å². The molecule has 6 nitrogen and oxygen atoms in total. The van der Waals surface area contributed by atoms with Crippen LogP contribution in [0.5, 0.6) is 5.75 Å². The van der Waals surface area contributed by atoms with Crippen LogP contribution in [0, 0.1) is 19.8 Å². The van der Waals surface area contributed by atoms with E-state index < -0.39 is 0 Å². The summed E-state index contributed by atoms with van der Waals surface area (Å²) in [6, 6.07) is 13.7. The number of methoxy groups -OCH3 is 1. The molecule has 1 aliphatic carbocycles. The van der Waals surface area contributed by atoms with E-state index in [1.807, 2.05) is 56.3 Å². The topological polar surface area (TPSA) is 76.1 Å². The van der Waals surface area contributed by atoms with Crippen LogP contribution in [-0.4, -0.2) is 22.9 Å². The Bertz CT molecular complexity index is 1090. The van der Waals surface area contributed by atoms with E-state index in [4.69, 9.17) is 9.72 Å². The number of aryl methyl sites for hydroxylation is 2. The van der Waals surface area contributed by atoms with Gasteiger partial charge in [0.15, 0.2) is 5.78 Å². The molecule has 0 radical (unpaired) electrons. The molecule has 0 amide bonds. The fraction of sp³-hybridized carbons (Fsp3) is 0.292. The molecule has 0 saturated carbocycles. The summed E-state index contributed by atoms with van der Waals surface area (Å²) in [6.07, 6.45) is 1.26. The minimum atomic E-state index is 0.0883. The zero-order valence-corrected chi connectivity index (χ0v) is 17.7. The number of fused-ring (bicyclic) bond motifs is 1. The summed E-state index contributed by atoms with van der Waals surface area (Å²) in [7, 11) is 1.63. The molecule has 2 aromatic carbocycles. The Kier molecular flexibility index (Phi) is 5.40. The maximum atomic E-state index is 12.9. The van der Waals surface area contributed by atoms with Crippen molar-refractivity contribution in [2.24, 2.45) is 5.92 Å². The minimum absolute atomic E-state index is 0.0883. The van der Waals surface area contributed by atoms with Crippen LogP contribution < -0.4 is 15.4 Å². The Balaban J connectivity index is 1.78. The molecule has 2 N–H and O–H groups in total. The van der Waals surface area contributed by atoms with Gasteiger partial charge in [0.05, 0.1) is 18.4 Å². The zero-order chi connectivity index (χ0) is 21.3. The third-order valence-corrected chi connectivity index (χ3v) is 5.39. The number of carbonyl (C=O) groups is 1. The largest absolute Gasteiger partial charge is 0.497 e. The molecule has 1 atom stereocenters. The molecule has 1 aromatic heterocycles. The molecule has 3 aromatic rings. The summed E-state index contributed by atoms with van der Waals surface area (Å²) in [5, 5.41) is 6.69. The highest BCUT2D eigenvalue weighted by atomic mass is 16.5. The maximum absolute atomic E-state index is 12.9. The predicted molar refractivity (Wildman–Crippen MR) is 119 cm³/mol. The average Bonchev–Trinajstić information content (AvgIpc) is 2.70. The van der Waals surface area contributed by atoms with Gasteiger partial charge in [0.1, 0.15) is 11.6 Å². The van der Waals surface area contributed by atoms with Crippen molar-refractivity contribution in [3.8, 4) is 5.75 Å². The standard InChI is InChI=1S/C24H26N4O2/c1-14-11-19-21(20(29)12-14)23(27-22-15(2)7-5-8-16(22)3)28-24(26-19)25-17-9-6-10-18(13-17)30-4/h5-10,13-14H,11-12H2,1-4H3,(H2,25,26,27,28). The fourth-order valence-electron chi connectivity index (χ4n) is 3.88. The van der Waals surface area contributed by atoms with Crippen molar-refractivity contribution in [1.82, 2.24) is 9.97 Å². The van der Waals surface area contributed by atoms with Gasteiger partial charge in [0, 0.05) is 23.9 Å².